The zero-order valence-corrected chi connectivity index (χ0v) is 21.1. The van der Waals surface area contributed by atoms with E-state index in [0.29, 0.717) is 28.6 Å². The fourth-order valence-corrected chi connectivity index (χ4v) is 4.80. The molecule has 1 saturated heterocycles. The molecule has 2 amide bonds. The van der Waals surface area contributed by atoms with Gasteiger partial charge in [0.25, 0.3) is 11.1 Å². The largest absolute Gasteiger partial charge is 0.449 e. The number of nitrogens with zero attached hydrogens (tertiary/aromatic N) is 2. The molecule has 0 unspecified atom stereocenters. The lowest BCUT2D eigenvalue weighted by Crippen LogP contribution is -2.30. The van der Waals surface area contributed by atoms with Crippen LogP contribution in [0.3, 0.4) is 0 Å². The van der Waals surface area contributed by atoms with Gasteiger partial charge in [0.1, 0.15) is 5.75 Å². The number of hydrogen-bond donors (Lipinski definition) is 0. The SMILES string of the molecule is O=C1S/C(=C/c2ccc(Oc3ccc(C(F)(F)F)cc3[N+](=O)[O-])c(Br)c2)C(=O)N1CCc1ccccc1. The zero-order chi connectivity index (χ0) is 26.7. The summed E-state index contributed by atoms with van der Waals surface area (Å²) in [5, 5.41) is 10.9. The first-order valence-electron chi connectivity index (χ1n) is 10.7. The molecular formula is C25H16BrF3N2O5S. The fraction of sp³-hybridized carbons (Fsp3) is 0.120. The predicted molar refractivity (Wildman–Crippen MR) is 135 cm³/mol. The van der Waals surface area contributed by atoms with Crippen LogP contribution in [0.15, 0.2) is 76.1 Å². The number of carbonyl (C=O) groups excluding carboxylic acids is 2. The average Bonchev–Trinajstić information content (AvgIpc) is 3.11. The van der Waals surface area contributed by atoms with Gasteiger partial charge in [-0.15, -0.1) is 0 Å². The molecule has 3 aromatic carbocycles. The third-order valence-electron chi connectivity index (χ3n) is 5.30. The quantitative estimate of drug-likeness (QED) is 0.161. The van der Waals surface area contributed by atoms with E-state index < -0.39 is 28.3 Å². The Kier molecular flexibility index (Phi) is 7.69. The Hall–Kier alpha value is -3.64. The van der Waals surface area contributed by atoms with Crippen molar-refractivity contribution in [3.05, 3.63) is 103 Å². The highest BCUT2D eigenvalue weighted by molar-refractivity contribution is 9.10. The van der Waals surface area contributed by atoms with Crippen molar-refractivity contribution in [1.82, 2.24) is 4.90 Å². The minimum absolute atomic E-state index is 0.107. The fourth-order valence-electron chi connectivity index (χ4n) is 3.46. The minimum atomic E-state index is -4.74. The average molecular weight is 593 g/mol. The Morgan fingerprint density at radius 1 is 1.03 bits per heavy atom. The van der Waals surface area contributed by atoms with E-state index in [0.717, 1.165) is 23.4 Å². The third kappa shape index (κ3) is 6.20. The molecular weight excluding hydrogens is 577 g/mol. The van der Waals surface area contributed by atoms with Crippen LogP contribution < -0.4 is 4.74 Å². The zero-order valence-electron chi connectivity index (χ0n) is 18.7. The second-order valence-corrected chi connectivity index (χ2v) is 9.65. The summed E-state index contributed by atoms with van der Waals surface area (Å²) in [6, 6.07) is 16.0. The first-order chi connectivity index (χ1) is 17.5. The highest BCUT2D eigenvalue weighted by atomic mass is 79.9. The van der Waals surface area contributed by atoms with E-state index in [9.17, 15) is 32.9 Å². The number of ether oxygens (including phenoxy) is 1. The van der Waals surface area contributed by atoms with Gasteiger partial charge in [0, 0.05) is 12.6 Å². The highest BCUT2D eigenvalue weighted by Crippen LogP contribution is 2.40. The van der Waals surface area contributed by atoms with Crippen molar-refractivity contribution in [1.29, 1.82) is 0 Å². The Balaban J connectivity index is 1.50. The van der Waals surface area contributed by atoms with Gasteiger partial charge >= 0.3 is 11.9 Å². The molecule has 0 N–H and O–H groups in total. The summed E-state index contributed by atoms with van der Waals surface area (Å²) < 4.78 is 44.7. The van der Waals surface area contributed by atoms with E-state index in [1.807, 2.05) is 30.3 Å². The van der Waals surface area contributed by atoms with Crippen LogP contribution >= 0.6 is 27.7 Å². The molecule has 0 bridgehead atoms. The Labute approximate surface area is 221 Å². The van der Waals surface area contributed by atoms with E-state index in [4.69, 9.17) is 4.74 Å². The molecule has 1 aliphatic rings. The van der Waals surface area contributed by atoms with E-state index >= 15 is 0 Å². The van der Waals surface area contributed by atoms with Crippen LogP contribution in [-0.4, -0.2) is 27.5 Å². The molecule has 0 radical (unpaired) electrons. The van der Waals surface area contributed by atoms with Gasteiger partial charge in [0.05, 0.1) is 19.9 Å². The smallest absolute Gasteiger partial charge is 0.416 e. The molecule has 1 aliphatic heterocycles. The topological polar surface area (TPSA) is 89.7 Å². The van der Waals surface area contributed by atoms with Crippen LogP contribution in [0, 0.1) is 10.1 Å². The molecule has 0 spiro atoms. The summed E-state index contributed by atoms with van der Waals surface area (Å²) in [7, 11) is 0. The van der Waals surface area contributed by atoms with Gasteiger partial charge in [-0.2, -0.15) is 13.2 Å². The summed E-state index contributed by atoms with van der Waals surface area (Å²) in [4.78, 5) is 36.9. The standard InChI is InChI=1S/C25H16BrF3N2O5S/c26-18-12-16(13-22-23(32)30(24(33)37-22)11-10-15-4-2-1-3-5-15)6-8-20(18)36-21-9-7-17(25(27,28)29)14-19(21)31(34)35/h1-9,12-14H,10-11H2/b22-13+. The van der Waals surface area contributed by atoms with E-state index in [-0.39, 0.29) is 28.2 Å². The summed E-state index contributed by atoms with van der Waals surface area (Å²) in [6.07, 6.45) is -2.68. The van der Waals surface area contributed by atoms with Crippen LogP contribution in [0.4, 0.5) is 23.7 Å². The number of benzene rings is 3. The van der Waals surface area contributed by atoms with Gasteiger partial charge < -0.3 is 4.74 Å². The molecule has 1 heterocycles. The van der Waals surface area contributed by atoms with Gasteiger partial charge in [-0.1, -0.05) is 36.4 Å². The van der Waals surface area contributed by atoms with Gasteiger partial charge in [0.15, 0.2) is 0 Å². The first kappa shape index (κ1) is 26.4. The molecule has 3 aromatic rings. The van der Waals surface area contributed by atoms with Crippen molar-refractivity contribution in [2.24, 2.45) is 0 Å². The number of nitro groups is 1. The maximum Gasteiger partial charge on any atom is 0.416 e. The predicted octanol–water partition coefficient (Wildman–Crippen LogP) is 7.45. The van der Waals surface area contributed by atoms with Gasteiger partial charge in [-0.3, -0.25) is 24.6 Å². The summed E-state index contributed by atoms with van der Waals surface area (Å²) >= 11 is 4.10. The molecule has 0 atom stereocenters. The third-order valence-corrected chi connectivity index (χ3v) is 6.82. The van der Waals surface area contributed by atoms with Crippen molar-refractivity contribution in [2.45, 2.75) is 12.6 Å². The molecule has 0 saturated carbocycles. The van der Waals surface area contributed by atoms with Crippen LogP contribution in [0.25, 0.3) is 6.08 Å². The number of nitro benzene ring substituents is 1. The number of imide groups is 1. The molecule has 0 aliphatic carbocycles. The van der Waals surface area contributed by atoms with Crippen molar-refractivity contribution < 1.29 is 32.4 Å². The Bertz CT molecular complexity index is 1410. The number of hydrogen-bond acceptors (Lipinski definition) is 6. The maximum atomic E-state index is 12.9. The number of alkyl halides is 3. The lowest BCUT2D eigenvalue weighted by Gasteiger charge is -2.12. The number of carbonyl (C=O) groups is 2. The number of halogens is 4. The van der Waals surface area contributed by atoms with Crippen LogP contribution in [0.1, 0.15) is 16.7 Å². The molecule has 0 aromatic heterocycles. The van der Waals surface area contributed by atoms with Gasteiger partial charge in [-0.25, -0.2) is 0 Å². The molecule has 4 rings (SSSR count). The Morgan fingerprint density at radius 2 is 1.73 bits per heavy atom. The second-order valence-electron chi connectivity index (χ2n) is 7.80. The lowest BCUT2D eigenvalue weighted by molar-refractivity contribution is -0.385. The summed E-state index contributed by atoms with van der Waals surface area (Å²) in [5.74, 6) is -0.676. The van der Waals surface area contributed by atoms with Crippen molar-refractivity contribution in [2.75, 3.05) is 6.54 Å². The molecule has 37 heavy (non-hydrogen) atoms. The van der Waals surface area contributed by atoms with E-state index in [2.05, 4.69) is 15.9 Å². The van der Waals surface area contributed by atoms with Crippen molar-refractivity contribution in [3.63, 3.8) is 0 Å². The molecule has 190 valence electrons. The van der Waals surface area contributed by atoms with Crippen LogP contribution in [0.5, 0.6) is 11.5 Å². The maximum absolute atomic E-state index is 12.9. The number of amides is 2. The minimum Gasteiger partial charge on any atom is -0.449 e. The number of thioether (sulfide) groups is 1. The number of rotatable bonds is 7. The van der Waals surface area contributed by atoms with Gasteiger partial charge in [-0.05, 0) is 75.6 Å². The highest BCUT2D eigenvalue weighted by Gasteiger charge is 2.35. The van der Waals surface area contributed by atoms with Crippen molar-refractivity contribution in [3.8, 4) is 11.5 Å². The summed E-state index contributed by atoms with van der Waals surface area (Å²) in [6.45, 7) is 0.244. The Morgan fingerprint density at radius 3 is 2.38 bits per heavy atom. The van der Waals surface area contributed by atoms with Crippen LogP contribution in [-0.2, 0) is 17.4 Å². The monoisotopic (exact) mass is 592 g/mol. The second kappa shape index (κ2) is 10.8. The van der Waals surface area contributed by atoms with Crippen molar-refractivity contribution >= 4 is 50.6 Å². The lowest BCUT2D eigenvalue weighted by atomic mass is 10.1. The first-order valence-corrected chi connectivity index (χ1v) is 12.3. The normalized spacial score (nSPS) is 14.9. The summed E-state index contributed by atoms with van der Waals surface area (Å²) in [5.41, 5.74) is -0.471. The molecule has 7 nitrogen and oxygen atoms in total. The van der Waals surface area contributed by atoms with E-state index in [1.165, 1.54) is 17.0 Å². The van der Waals surface area contributed by atoms with Gasteiger partial charge in [0.2, 0.25) is 5.75 Å². The van der Waals surface area contributed by atoms with Crippen LogP contribution in [0.2, 0.25) is 0 Å². The molecule has 12 heteroatoms. The molecule has 1 fully saturated rings. The van der Waals surface area contributed by atoms with E-state index in [1.54, 1.807) is 12.1 Å².